The molecule has 0 aromatic heterocycles. The van der Waals surface area contributed by atoms with E-state index in [0.29, 0.717) is 0 Å². The number of carbonyl (C=O) groups is 1. The molecule has 2 aromatic rings. The van der Waals surface area contributed by atoms with E-state index in [4.69, 9.17) is 12.2 Å². The molecule has 0 aliphatic heterocycles. The molecule has 8 heteroatoms. The molecule has 0 heterocycles. The van der Waals surface area contributed by atoms with Crippen molar-refractivity contribution in [3.63, 3.8) is 0 Å². The van der Waals surface area contributed by atoms with Crippen LogP contribution in [0.2, 0.25) is 0 Å². The first-order valence-electron chi connectivity index (χ1n) is 7.06. The first-order chi connectivity index (χ1) is 11.4. The molecule has 0 saturated heterocycles. The van der Waals surface area contributed by atoms with Crippen LogP contribution in [0.25, 0.3) is 0 Å². The smallest absolute Gasteiger partial charge is 0.282 e. The van der Waals surface area contributed by atoms with E-state index in [1.54, 1.807) is 6.07 Å². The topological polar surface area (TPSA) is 84.3 Å². The summed E-state index contributed by atoms with van der Waals surface area (Å²) in [4.78, 5) is 22.6. The van der Waals surface area contributed by atoms with Crippen LogP contribution in [0, 0.1) is 13.7 Å². The van der Waals surface area contributed by atoms with Crippen molar-refractivity contribution in [3.05, 3.63) is 67.3 Å². The first-order valence-corrected chi connectivity index (χ1v) is 8.55. The summed E-state index contributed by atoms with van der Waals surface area (Å²) in [5.74, 6) is -0.622. The fraction of sp³-hybridized carbons (Fsp3) is 0.125. The van der Waals surface area contributed by atoms with Crippen molar-refractivity contribution in [1.82, 2.24) is 5.32 Å². The second kappa shape index (κ2) is 8.15. The molecular formula is C16H14IN3O3S. The van der Waals surface area contributed by atoms with E-state index in [0.717, 1.165) is 21.2 Å². The number of benzene rings is 2. The number of nitro benzene ring substituents is 1. The highest BCUT2D eigenvalue weighted by atomic mass is 127. The van der Waals surface area contributed by atoms with Gasteiger partial charge in [0.1, 0.15) is 5.56 Å². The number of nitrogens with zero attached hydrogens (tertiary/aromatic N) is 1. The summed E-state index contributed by atoms with van der Waals surface area (Å²) in [5, 5.41) is 16.5. The number of anilines is 1. The lowest BCUT2D eigenvalue weighted by molar-refractivity contribution is -0.385. The fourth-order valence-electron chi connectivity index (χ4n) is 2.13. The number of para-hydroxylation sites is 1. The Morgan fingerprint density at radius 3 is 2.67 bits per heavy atom. The van der Waals surface area contributed by atoms with E-state index in [1.807, 2.05) is 25.1 Å². The van der Waals surface area contributed by atoms with Gasteiger partial charge >= 0.3 is 0 Å². The fourth-order valence-corrected chi connectivity index (χ4v) is 2.88. The average molecular weight is 455 g/mol. The second-order valence-electron chi connectivity index (χ2n) is 4.84. The Kier molecular flexibility index (Phi) is 6.21. The second-order valence-corrected chi connectivity index (χ2v) is 6.49. The van der Waals surface area contributed by atoms with E-state index in [2.05, 4.69) is 33.2 Å². The molecule has 0 bridgehead atoms. The van der Waals surface area contributed by atoms with E-state index >= 15 is 0 Å². The van der Waals surface area contributed by atoms with Crippen LogP contribution in [-0.2, 0) is 6.42 Å². The largest absolute Gasteiger partial charge is 0.332 e. The van der Waals surface area contributed by atoms with Crippen LogP contribution in [-0.4, -0.2) is 15.9 Å². The van der Waals surface area contributed by atoms with Crippen LogP contribution in [0.5, 0.6) is 0 Å². The Labute approximate surface area is 157 Å². The zero-order valence-electron chi connectivity index (χ0n) is 12.7. The van der Waals surface area contributed by atoms with Crippen LogP contribution >= 0.6 is 34.8 Å². The quantitative estimate of drug-likeness (QED) is 0.316. The molecule has 0 atom stereocenters. The number of thiocarbonyl (C=S) groups is 1. The lowest BCUT2D eigenvalue weighted by Crippen LogP contribution is -2.34. The van der Waals surface area contributed by atoms with Gasteiger partial charge in [0, 0.05) is 15.3 Å². The molecule has 0 radical (unpaired) electrons. The summed E-state index contributed by atoms with van der Waals surface area (Å²) in [6, 6.07) is 11.6. The lowest BCUT2D eigenvalue weighted by Gasteiger charge is -2.13. The van der Waals surface area contributed by atoms with E-state index in [9.17, 15) is 14.9 Å². The Bertz CT molecular complexity index is 811. The molecule has 2 N–H and O–H groups in total. The van der Waals surface area contributed by atoms with Gasteiger partial charge in [-0.2, -0.15) is 0 Å². The SMILES string of the molecule is CCc1cc(I)ccc1NC(=S)NC(=O)c1ccccc1[N+](=O)[O-]. The molecule has 2 rings (SSSR count). The normalized spacial score (nSPS) is 10.1. The zero-order valence-corrected chi connectivity index (χ0v) is 15.7. The van der Waals surface area contributed by atoms with Crippen LogP contribution < -0.4 is 10.6 Å². The predicted molar refractivity (Wildman–Crippen MR) is 105 cm³/mol. The van der Waals surface area contributed by atoms with Gasteiger partial charge in [-0.3, -0.25) is 20.2 Å². The van der Waals surface area contributed by atoms with Gasteiger partial charge in [0.2, 0.25) is 0 Å². The van der Waals surface area contributed by atoms with Gasteiger partial charge in [-0.1, -0.05) is 19.1 Å². The van der Waals surface area contributed by atoms with Crippen LogP contribution in [0.1, 0.15) is 22.8 Å². The predicted octanol–water partition coefficient (Wildman–Crippen LogP) is 3.89. The molecule has 0 unspecified atom stereocenters. The monoisotopic (exact) mass is 455 g/mol. The van der Waals surface area contributed by atoms with Crippen molar-refractivity contribution < 1.29 is 9.72 Å². The molecule has 1 amide bonds. The number of hydrogen-bond acceptors (Lipinski definition) is 4. The minimum Gasteiger partial charge on any atom is -0.332 e. The molecule has 2 aromatic carbocycles. The Balaban J connectivity index is 2.13. The van der Waals surface area contributed by atoms with Crippen LogP contribution in [0.4, 0.5) is 11.4 Å². The number of amides is 1. The first kappa shape index (κ1) is 18.3. The maximum Gasteiger partial charge on any atom is 0.282 e. The van der Waals surface area contributed by atoms with Gasteiger partial charge in [-0.15, -0.1) is 0 Å². The van der Waals surface area contributed by atoms with Crippen LogP contribution in [0.3, 0.4) is 0 Å². The summed E-state index contributed by atoms with van der Waals surface area (Å²) in [6.07, 6.45) is 0.805. The summed E-state index contributed by atoms with van der Waals surface area (Å²) < 4.78 is 1.10. The van der Waals surface area contributed by atoms with Gasteiger partial charge < -0.3 is 5.32 Å². The summed E-state index contributed by atoms with van der Waals surface area (Å²) in [5.41, 5.74) is 1.56. The number of nitrogens with one attached hydrogen (secondary N) is 2. The number of rotatable bonds is 4. The molecule has 0 saturated carbocycles. The van der Waals surface area contributed by atoms with Crippen molar-refractivity contribution in [2.75, 3.05) is 5.32 Å². The Morgan fingerprint density at radius 1 is 1.29 bits per heavy atom. The maximum absolute atomic E-state index is 12.2. The molecular weight excluding hydrogens is 441 g/mol. The Morgan fingerprint density at radius 2 is 2.00 bits per heavy atom. The molecule has 6 nitrogen and oxygen atoms in total. The van der Waals surface area contributed by atoms with E-state index in [-0.39, 0.29) is 16.4 Å². The molecule has 0 aliphatic carbocycles. The standard InChI is InChI=1S/C16H14IN3O3S/c1-2-10-9-11(17)7-8-13(10)18-16(24)19-15(21)12-5-3-4-6-14(12)20(22)23/h3-9H,2H2,1H3,(H2,18,19,21,24). The summed E-state index contributed by atoms with van der Waals surface area (Å²) in [6.45, 7) is 2.02. The number of nitro groups is 1. The van der Waals surface area contributed by atoms with Crippen molar-refractivity contribution >= 4 is 57.2 Å². The van der Waals surface area contributed by atoms with Gasteiger partial charge in [-0.05, 0) is 71.1 Å². The highest BCUT2D eigenvalue weighted by Crippen LogP contribution is 2.20. The number of hydrogen-bond donors (Lipinski definition) is 2. The van der Waals surface area contributed by atoms with Crippen molar-refractivity contribution in [2.24, 2.45) is 0 Å². The Hall–Kier alpha value is -2.07. The van der Waals surface area contributed by atoms with Crippen LogP contribution in [0.15, 0.2) is 42.5 Å². The molecule has 0 fully saturated rings. The lowest BCUT2D eigenvalue weighted by atomic mass is 10.1. The van der Waals surface area contributed by atoms with Crippen molar-refractivity contribution in [1.29, 1.82) is 0 Å². The average Bonchev–Trinajstić information content (AvgIpc) is 2.56. The van der Waals surface area contributed by atoms with Crippen molar-refractivity contribution in [2.45, 2.75) is 13.3 Å². The zero-order chi connectivity index (χ0) is 17.7. The number of carbonyl (C=O) groups excluding carboxylic acids is 1. The molecule has 24 heavy (non-hydrogen) atoms. The summed E-state index contributed by atoms with van der Waals surface area (Å²) in [7, 11) is 0. The minimum atomic E-state index is -0.622. The number of halogens is 1. The maximum atomic E-state index is 12.2. The molecule has 124 valence electrons. The van der Waals surface area contributed by atoms with Gasteiger partial charge in [0.25, 0.3) is 11.6 Å². The highest BCUT2D eigenvalue weighted by molar-refractivity contribution is 14.1. The third kappa shape index (κ3) is 4.48. The number of aryl methyl sites for hydroxylation is 1. The summed E-state index contributed by atoms with van der Waals surface area (Å²) >= 11 is 7.37. The van der Waals surface area contributed by atoms with Gasteiger partial charge in [0.05, 0.1) is 4.92 Å². The third-order valence-corrected chi connectivity index (χ3v) is 4.14. The molecule has 0 aliphatic rings. The van der Waals surface area contributed by atoms with Gasteiger partial charge in [0.15, 0.2) is 5.11 Å². The van der Waals surface area contributed by atoms with Gasteiger partial charge in [-0.25, -0.2) is 0 Å². The van der Waals surface area contributed by atoms with Crippen molar-refractivity contribution in [3.8, 4) is 0 Å². The molecule has 0 spiro atoms. The van der Waals surface area contributed by atoms with E-state index < -0.39 is 10.8 Å². The highest BCUT2D eigenvalue weighted by Gasteiger charge is 2.20. The minimum absolute atomic E-state index is 0.0371. The third-order valence-electron chi connectivity index (χ3n) is 3.27. The van der Waals surface area contributed by atoms with E-state index in [1.165, 1.54) is 18.2 Å².